The summed E-state index contributed by atoms with van der Waals surface area (Å²) >= 11 is 3.24. The minimum atomic E-state index is -0.441. The Hall–Kier alpha value is -1.45. The zero-order valence-electron chi connectivity index (χ0n) is 8.74. The molecule has 2 heterocycles. The number of carbonyl (C=O) groups excluding carboxylic acids is 1. The Bertz CT molecular complexity index is 482. The van der Waals surface area contributed by atoms with Gasteiger partial charge in [0.25, 0.3) is 5.91 Å². The summed E-state index contributed by atoms with van der Waals surface area (Å²) in [4.78, 5) is 15.3. The van der Waals surface area contributed by atoms with Crippen molar-refractivity contribution in [3.8, 4) is 0 Å². The highest BCUT2D eigenvalue weighted by atomic mass is 32.2. The first kappa shape index (κ1) is 12.0. The molecule has 1 amide bonds. The van der Waals surface area contributed by atoms with Gasteiger partial charge in [0.2, 0.25) is 0 Å². The molecule has 0 radical (unpaired) electrons. The monoisotopic (exact) mass is 270 g/mol. The first-order valence-corrected chi connectivity index (χ1v) is 6.59. The van der Waals surface area contributed by atoms with Crippen LogP contribution in [0, 0.1) is 0 Å². The number of rotatable bonds is 5. The zero-order chi connectivity index (χ0) is 12.1. The number of hydrogen-bond acceptors (Lipinski definition) is 7. The Kier molecular flexibility index (Phi) is 4.07. The zero-order valence-corrected chi connectivity index (χ0v) is 10.4. The molecule has 2 rings (SSSR count). The largest absolute Gasteiger partial charge is 0.289 e. The molecule has 0 atom stereocenters. The van der Waals surface area contributed by atoms with Gasteiger partial charge >= 0.3 is 0 Å². The Morgan fingerprint density at radius 2 is 2.53 bits per heavy atom. The summed E-state index contributed by atoms with van der Waals surface area (Å²) < 4.78 is 2.62. The maximum absolute atomic E-state index is 11.1. The molecule has 0 fully saturated rings. The molecule has 0 aliphatic heterocycles. The van der Waals surface area contributed by atoms with E-state index in [0.717, 1.165) is 10.1 Å². The number of hydrogen-bond donors (Lipinski definition) is 2. The van der Waals surface area contributed by atoms with Crippen molar-refractivity contribution in [2.75, 3.05) is 5.75 Å². The Morgan fingerprint density at radius 3 is 3.24 bits per heavy atom. The Morgan fingerprint density at radius 1 is 1.65 bits per heavy atom. The van der Waals surface area contributed by atoms with Crippen molar-refractivity contribution < 1.29 is 4.79 Å². The van der Waals surface area contributed by atoms with Gasteiger partial charge in [-0.05, 0) is 0 Å². The van der Waals surface area contributed by atoms with Crippen molar-refractivity contribution in [3.63, 3.8) is 0 Å². The van der Waals surface area contributed by atoms with Gasteiger partial charge in [-0.1, -0.05) is 17.0 Å². The SMILES string of the molecule is NNC(=O)c1cn(CCSc2nccs2)nn1. The molecule has 0 aliphatic carbocycles. The highest BCUT2D eigenvalue weighted by molar-refractivity contribution is 8.00. The molecule has 7 nitrogen and oxygen atoms in total. The van der Waals surface area contributed by atoms with Gasteiger partial charge in [0.15, 0.2) is 5.69 Å². The number of thiazole rings is 1. The first-order valence-electron chi connectivity index (χ1n) is 4.73. The van der Waals surface area contributed by atoms with Crippen LogP contribution in [0.4, 0.5) is 0 Å². The van der Waals surface area contributed by atoms with E-state index < -0.39 is 5.91 Å². The lowest BCUT2D eigenvalue weighted by atomic mass is 10.5. The molecule has 90 valence electrons. The van der Waals surface area contributed by atoms with Crippen LogP contribution >= 0.6 is 23.1 Å². The number of nitrogen functional groups attached to an aromatic ring is 1. The van der Waals surface area contributed by atoms with E-state index >= 15 is 0 Å². The molecule has 0 bridgehead atoms. The van der Waals surface area contributed by atoms with Crippen molar-refractivity contribution in [1.82, 2.24) is 25.4 Å². The van der Waals surface area contributed by atoms with Crippen LogP contribution < -0.4 is 11.3 Å². The summed E-state index contributed by atoms with van der Waals surface area (Å²) in [5, 5.41) is 9.46. The predicted octanol–water partition coefficient (Wildman–Crippen LogP) is 0.130. The number of hydrazine groups is 1. The lowest BCUT2D eigenvalue weighted by Gasteiger charge is -1.97. The maximum Gasteiger partial charge on any atom is 0.287 e. The molecule has 0 saturated heterocycles. The molecule has 9 heteroatoms. The van der Waals surface area contributed by atoms with Crippen molar-refractivity contribution in [2.45, 2.75) is 10.9 Å². The lowest BCUT2D eigenvalue weighted by Crippen LogP contribution is -2.30. The Labute approximate surface area is 105 Å². The van der Waals surface area contributed by atoms with Gasteiger partial charge < -0.3 is 0 Å². The van der Waals surface area contributed by atoms with E-state index in [9.17, 15) is 4.79 Å². The van der Waals surface area contributed by atoms with Crippen molar-refractivity contribution in [1.29, 1.82) is 0 Å². The van der Waals surface area contributed by atoms with E-state index in [2.05, 4.69) is 15.3 Å². The molecular weight excluding hydrogens is 260 g/mol. The van der Waals surface area contributed by atoms with Gasteiger partial charge in [0.05, 0.1) is 12.7 Å². The second kappa shape index (κ2) is 5.75. The van der Waals surface area contributed by atoms with Crippen molar-refractivity contribution in [3.05, 3.63) is 23.5 Å². The quantitative estimate of drug-likeness (QED) is 0.347. The molecule has 0 aliphatic rings. The van der Waals surface area contributed by atoms with Crippen molar-refractivity contribution in [2.24, 2.45) is 5.84 Å². The molecule has 17 heavy (non-hydrogen) atoms. The molecule has 0 spiro atoms. The molecule has 2 aromatic rings. The summed E-state index contributed by atoms with van der Waals surface area (Å²) in [6, 6.07) is 0. The van der Waals surface area contributed by atoms with E-state index in [4.69, 9.17) is 5.84 Å². The number of nitrogens with one attached hydrogen (secondary N) is 1. The van der Waals surface area contributed by atoms with E-state index in [0.29, 0.717) is 6.54 Å². The van der Waals surface area contributed by atoms with Crippen LogP contribution in [0.2, 0.25) is 0 Å². The lowest BCUT2D eigenvalue weighted by molar-refractivity contribution is 0.0948. The average Bonchev–Trinajstić information content (AvgIpc) is 2.99. The van der Waals surface area contributed by atoms with Crippen LogP contribution in [0.25, 0.3) is 0 Å². The molecule has 2 aromatic heterocycles. The Balaban J connectivity index is 1.83. The van der Waals surface area contributed by atoms with Gasteiger partial charge in [-0.3, -0.25) is 14.9 Å². The summed E-state index contributed by atoms with van der Waals surface area (Å²) in [5.74, 6) is 5.37. The predicted molar refractivity (Wildman–Crippen MR) is 64.5 cm³/mol. The number of aryl methyl sites for hydroxylation is 1. The maximum atomic E-state index is 11.1. The van der Waals surface area contributed by atoms with Crippen LogP contribution in [0.1, 0.15) is 10.5 Å². The molecule has 0 saturated carbocycles. The second-order valence-electron chi connectivity index (χ2n) is 2.99. The van der Waals surface area contributed by atoms with Crippen LogP contribution in [0.3, 0.4) is 0 Å². The number of nitrogens with two attached hydrogens (primary N) is 1. The number of thioether (sulfide) groups is 1. The molecule has 3 N–H and O–H groups in total. The van der Waals surface area contributed by atoms with E-state index in [1.165, 1.54) is 0 Å². The first-order chi connectivity index (χ1) is 8.29. The number of carbonyl (C=O) groups is 1. The number of amides is 1. The van der Waals surface area contributed by atoms with E-state index in [1.54, 1.807) is 40.2 Å². The van der Waals surface area contributed by atoms with Gasteiger partial charge in [-0.2, -0.15) is 0 Å². The average molecular weight is 270 g/mol. The van der Waals surface area contributed by atoms with E-state index in [-0.39, 0.29) is 5.69 Å². The summed E-state index contributed by atoms with van der Waals surface area (Å²) in [6.07, 6.45) is 3.33. The number of nitrogens with zero attached hydrogens (tertiary/aromatic N) is 4. The third-order valence-corrected chi connectivity index (χ3v) is 3.80. The van der Waals surface area contributed by atoms with Gasteiger partial charge in [0.1, 0.15) is 4.34 Å². The van der Waals surface area contributed by atoms with Gasteiger partial charge in [-0.25, -0.2) is 10.8 Å². The fourth-order valence-corrected chi connectivity index (χ4v) is 2.73. The van der Waals surface area contributed by atoms with Crippen LogP contribution in [0.5, 0.6) is 0 Å². The highest BCUT2D eigenvalue weighted by Gasteiger charge is 2.08. The second-order valence-corrected chi connectivity index (χ2v) is 5.22. The number of aromatic nitrogens is 4. The van der Waals surface area contributed by atoms with Crippen molar-refractivity contribution >= 4 is 29.0 Å². The molecule has 0 aromatic carbocycles. The van der Waals surface area contributed by atoms with Crippen LogP contribution in [-0.2, 0) is 6.54 Å². The summed E-state index contributed by atoms with van der Waals surface area (Å²) in [7, 11) is 0. The molecular formula is C8H10N6OS2. The minimum Gasteiger partial charge on any atom is -0.289 e. The summed E-state index contributed by atoms with van der Waals surface area (Å²) in [6.45, 7) is 0.662. The fraction of sp³-hybridized carbons (Fsp3) is 0.250. The topological polar surface area (TPSA) is 98.7 Å². The summed E-state index contributed by atoms with van der Waals surface area (Å²) in [5.41, 5.74) is 2.22. The van der Waals surface area contributed by atoms with Gasteiger partial charge in [-0.15, -0.1) is 16.4 Å². The van der Waals surface area contributed by atoms with Gasteiger partial charge in [0, 0.05) is 17.3 Å². The van der Waals surface area contributed by atoms with Crippen LogP contribution in [0.15, 0.2) is 22.1 Å². The van der Waals surface area contributed by atoms with E-state index in [1.807, 2.05) is 10.8 Å². The fourth-order valence-electron chi connectivity index (χ4n) is 1.09. The highest BCUT2D eigenvalue weighted by Crippen LogP contribution is 2.19. The molecule has 0 unspecified atom stereocenters. The third-order valence-electron chi connectivity index (χ3n) is 1.86. The smallest absolute Gasteiger partial charge is 0.287 e. The standard InChI is InChI=1S/C8H10N6OS2/c9-11-7(15)6-5-14(13-12-6)2-4-17-8-10-1-3-16-8/h1,3,5H,2,4,9H2,(H,11,15). The van der Waals surface area contributed by atoms with Crippen LogP contribution in [-0.4, -0.2) is 31.6 Å². The normalized spacial score (nSPS) is 10.4. The third kappa shape index (κ3) is 3.25. The minimum absolute atomic E-state index is 0.215.